The van der Waals surface area contributed by atoms with Crippen molar-refractivity contribution in [3.05, 3.63) is 17.7 Å². The van der Waals surface area contributed by atoms with E-state index in [1.54, 1.807) is 0 Å². The molecule has 2 atom stereocenters. The zero-order valence-corrected chi connectivity index (χ0v) is 11.8. The highest BCUT2D eigenvalue weighted by molar-refractivity contribution is 5.80. The standard InChI is InChI=1S/C13H17NO7/c1-13(18,11(16)12(14)17)21-10-8(19-2)4-7(6-15)5-9(10)20-3/h4-6,11,16,18H,1-3H3,(H2,14,17). The lowest BCUT2D eigenvalue weighted by Gasteiger charge is -2.29. The Kier molecular flexibility index (Phi) is 5.12. The molecular formula is C13H17NO7. The molecule has 1 aromatic carbocycles. The summed E-state index contributed by atoms with van der Waals surface area (Å²) in [6, 6.07) is 2.69. The maximum atomic E-state index is 11.0. The predicted molar refractivity (Wildman–Crippen MR) is 71.4 cm³/mol. The summed E-state index contributed by atoms with van der Waals surface area (Å²) in [5, 5.41) is 19.6. The van der Waals surface area contributed by atoms with Gasteiger partial charge in [0.1, 0.15) is 6.29 Å². The Bertz CT molecular complexity index is 516. The van der Waals surface area contributed by atoms with Gasteiger partial charge >= 0.3 is 0 Å². The zero-order valence-electron chi connectivity index (χ0n) is 11.8. The molecule has 0 saturated carbocycles. The number of amides is 1. The van der Waals surface area contributed by atoms with Crippen LogP contribution in [0.15, 0.2) is 12.1 Å². The molecule has 8 nitrogen and oxygen atoms in total. The van der Waals surface area contributed by atoms with Crippen molar-refractivity contribution in [2.75, 3.05) is 14.2 Å². The zero-order chi connectivity index (χ0) is 16.2. The van der Waals surface area contributed by atoms with Crippen LogP contribution in [0.5, 0.6) is 17.2 Å². The molecule has 0 aliphatic rings. The molecule has 0 aromatic heterocycles. The summed E-state index contributed by atoms with van der Waals surface area (Å²) in [6.45, 7) is 1.05. The summed E-state index contributed by atoms with van der Waals surface area (Å²) >= 11 is 0. The van der Waals surface area contributed by atoms with Crippen LogP contribution in [0, 0.1) is 0 Å². The second-order valence-electron chi connectivity index (χ2n) is 4.33. The molecule has 0 bridgehead atoms. The number of methoxy groups -OCH3 is 2. The van der Waals surface area contributed by atoms with Crippen LogP contribution >= 0.6 is 0 Å². The minimum atomic E-state index is -2.31. The first kappa shape index (κ1) is 16.7. The van der Waals surface area contributed by atoms with Crippen molar-refractivity contribution in [2.24, 2.45) is 5.73 Å². The molecule has 0 radical (unpaired) electrons. The highest BCUT2D eigenvalue weighted by atomic mass is 16.7. The van der Waals surface area contributed by atoms with Crippen molar-refractivity contribution in [1.82, 2.24) is 0 Å². The average molecular weight is 299 g/mol. The number of ether oxygens (including phenoxy) is 3. The summed E-state index contributed by atoms with van der Waals surface area (Å²) < 4.78 is 15.3. The van der Waals surface area contributed by atoms with Crippen LogP contribution in [0.4, 0.5) is 0 Å². The third kappa shape index (κ3) is 3.61. The highest BCUT2D eigenvalue weighted by Crippen LogP contribution is 2.40. The second-order valence-corrected chi connectivity index (χ2v) is 4.33. The van der Waals surface area contributed by atoms with Crippen LogP contribution in [-0.4, -0.2) is 48.5 Å². The lowest BCUT2D eigenvalue weighted by molar-refractivity contribution is -0.195. The fraction of sp³-hybridized carbons (Fsp3) is 0.385. The van der Waals surface area contributed by atoms with Crippen LogP contribution in [0.25, 0.3) is 0 Å². The molecule has 4 N–H and O–H groups in total. The lowest BCUT2D eigenvalue weighted by Crippen LogP contribution is -2.51. The van der Waals surface area contributed by atoms with Gasteiger partial charge in [0.25, 0.3) is 5.91 Å². The topological polar surface area (TPSA) is 128 Å². The molecule has 0 heterocycles. The third-order valence-corrected chi connectivity index (χ3v) is 2.70. The number of aldehydes is 1. The van der Waals surface area contributed by atoms with Gasteiger partial charge in [-0.05, 0) is 12.1 Å². The first-order valence-electron chi connectivity index (χ1n) is 5.86. The lowest BCUT2D eigenvalue weighted by atomic mass is 10.1. The molecule has 1 rings (SSSR count). The number of carbonyl (C=O) groups excluding carboxylic acids is 2. The Labute approximate surface area is 121 Å². The predicted octanol–water partition coefficient (Wildman–Crippen LogP) is -0.550. The van der Waals surface area contributed by atoms with Gasteiger partial charge in [-0.3, -0.25) is 9.59 Å². The quantitative estimate of drug-likeness (QED) is 0.455. The molecule has 8 heteroatoms. The normalized spacial score (nSPS) is 14.7. The van der Waals surface area contributed by atoms with Gasteiger partial charge in [-0.2, -0.15) is 0 Å². The summed E-state index contributed by atoms with van der Waals surface area (Å²) in [5.74, 6) is -3.41. The monoisotopic (exact) mass is 299 g/mol. The van der Waals surface area contributed by atoms with Crippen LogP contribution in [-0.2, 0) is 4.79 Å². The van der Waals surface area contributed by atoms with Crippen LogP contribution in [0.3, 0.4) is 0 Å². The molecule has 1 aromatic rings. The third-order valence-electron chi connectivity index (χ3n) is 2.70. The number of hydrogen-bond acceptors (Lipinski definition) is 7. The number of rotatable bonds is 7. The van der Waals surface area contributed by atoms with E-state index in [0.717, 1.165) is 6.92 Å². The molecule has 0 saturated heterocycles. The van der Waals surface area contributed by atoms with Gasteiger partial charge in [0.05, 0.1) is 14.2 Å². The Hall–Kier alpha value is -2.32. The van der Waals surface area contributed by atoms with Gasteiger partial charge in [0.15, 0.2) is 17.6 Å². The number of primary amides is 1. The number of aliphatic hydroxyl groups is 2. The molecule has 0 spiro atoms. The van der Waals surface area contributed by atoms with Crippen LogP contribution < -0.4 is 19.9 Å². The Morgan fingerprint density at radius 3 is 2.14 bits per heavy atom. The Morgan fingerprint density at radius 1 is 1.33 bits per heavy atom. The van der Waals surface area contributed by atoms with Crippen LogP contribution in [0.2, 0.25) is 0 Å². The molecule has 2 unspecified atom stereocenters. The highest BCUT2D eigenvalue weighted by Gasteiger charge is 2.38. The Morgan fingerprint density at radius 2 is 1.81 bits per heavy atom. The molecule has 21 heavy (non-hydrogen) atoms. The minimum absolute atomic E-state index is 0.0772. The van der Waals surface area contributed by atoms with Crippen molar-refractivity contribution in [3.63, 3.8) is 0 Å². The summed E-state index contributed by atoms with van der Waals surface area (Å²) in [6.07, 6.45) is -1.40. The molecule has 0 aliphatic carbocycles. The van der Waals surface area contributed by atoms with Gasteiger partial charge < -0.3 is 30.2 Å². The van der Waals surface area contributed by atoms with Crippen molar-refractivity contribution in [2.45, 2.75) is 18.8 Å². The van der Waals surface area contributed by atoms with E-state index in [0.29, 0.717) is 6.29 Å². The SMILES string of the molecule is COc1cc(C=O)cc(OC)c1OC(C)(O)C(O)C(N)=O. The van der Waals surface area contributed by atoms with Crippen molar-refractivity contribution in [1.29, 1.82) is 0 Å². The maximum absolute atomic E-state index is 11.0. The van der Waals surface area contributed by atoms with E-state index in [-0.39, 0.29) is 22.8 Å². The number of carbonyl (C=O) groups is 2. The molecular weight excluding hydrogens is 282 g/mol. The average Bonchev–Trinajstić information content (AvgIpc) is 2.45. The van der Waals surface area contributed by atoms with E-state index >= 15 is 0 Å². The molecule has 0 aliphatic heterocycles. The van der Waals surface area contributed by atoms with Crippen LogP contribution in [0.1, 0.15) is 17.3 Å². The van der Waals surface area contributed by atoms with Gasteiger partial charge in [0.2, 0.25) is 11.5 Å². The van der Waals surface area contributed by atoms with Gasteiger partial charge in [-0.1, -0.05) is 0 Å². The minimum Gasteiger partial charge on any atom is -0.493 e. The van der Waals surface area contributed by atoms with Crippen molar-refractivity contribution < 1.29 is 34.0 Å². The van der Waals surface area contributed by atoms with Gasteiger partial charge in [-0.15, -0.1) is 0 Å². The van der Waals surface area contributed by atoms with E-state index < -0.39 is 17.8 Å². The first-order valence-corrected chi connectivity index (χ1v) is 5.86. The van der Waals surface area contributed by atoms with Gasteiger partial charge in [-0.25, -0.2) is 0 Å². The number of nitrogens with two attached hydrogens (primary N) is 1. The number of benzene rings is 1. The van der Waals surface area contributed by atoms with Crippen molar-refractivity contribution in [3.8, 4) is 17.2 Å². The molecule has 0 fully saturated rings. The molecule has 116 valence electrons. The van der Waals surface area contributed by atoms with E-state index in [2.05, 4.69) is 0 Å². The van der Waals surface area contributed by atoms with E-state index in [9.17, 15) is 19.8 Å². The van der Waals surface area contributed by atoms with E-state index in [4.69, 9.17) is 19.9 Å². The number of hydrogen-bond donors (Lipinski definition) is 3. The largest absolute Gasteiger partial charge is 0.493 e. The summed E-state index contributed by atoms with van der Waals surface area (Å²) in [4.78, 5) is 21.8. The second kappa shape index (κ2) is 6.42. The molecule has 1 amide bonds. The fourth-order valence-corrected chi connectivity index (χ4v) is 1.60. The Balaban J connectivity index is 3.29. The smallest absolute Gasteiger partial charge is 0.253 e. The van der Waals surface area contributed by atoms with E-state index in [1.807, 2.05) is 0 Å². The summed E-state index contributed by atoms with van der Waals surface area (Å²) in [5.41, 5.74) is 5.18. The fourth-order valence-electron chi connectivity index (χ4n) is 1.60. The van der Waals surface area contributed by atoms with Gasteiger partial charge in [0, 0.05) is 12.5 Å². The maximum Gasteiger partial charge on any atom is 0.253 e. The summed E-state index contributed by atoms with van der Waals surface area (Å²) in [7, 11) is 2.63. The van der Waals surface area contributed by atoms with Crippen molar-refractivity contribution >= 4 is 12.2 Å². The van der Waals surface area contributed by atoms with E-state index in [1.165, 1.54) is 26.4 Å². The number of aliphatic hydroxyl groups excluding tert-OH is 1. The first-order chi connectivity index (χ1) is 9.76.